The molecule has 0 bridgehead atoms. The fourth-order valence-corrected chi connectivity index (χ4v) is 3.90. The van der Waals surface area contributed by atoms with E-state index in [4.69, 9.17) is 33.7 Å². The molecule has 0 atom stereocenters. The Labute approximate surface area is 139 Å². The Balaban J connectivity index is 2.25. The van der Waals surface area contributed by atoms with Crippen molar-refractivity contribution in [3.8, 4) is 5.75 Å². The van der Waals surface area contributed by atoms with Crippen molar-refractivity contribution in [3.63, 3.8) is 0 Å². The Morgan fingerprint density at radius 1 is 1.23 bits per heavy atom. The largest absolute Gasteiger partial charge is 0.497 e. The number of nitrogen functional groups attached to an aromatic ring is 1. The van der Waals surface area contributed by atoms with E-state index in [1.165, 1.54) is 19.2 Å². The van der Waals surface area contributed by atoms with E-state index in [-0.39, 0.29) is 27.2 Å². The van der Waals surface area contributed by atoms with Crippen LogP contribution in [0.5, 0.6) is 5.75 Å². The van der Waals surface area contributed by atoms with Crippen molar-refractivity contribution in [1.29, 1.82) is 0 Å². The molecule has 0 saturated heterocycles. The molecule has 0 unspecified atom stereocenters. The van der Waals surface area contributed by atoms with Gasteiger partial charge in [-0.25, -0.2) is 13.1 Å². The van der Waals surface area contributed by atoms with Gasteiger partial charge in [0.1, 0.15) is 10.6 Å². The van der Waals surface area contributed by atoms with E-state index in [0.717, 1.165) is 5.56 Å². The highest BCUT2D eigenvalue weighted by Gasteiger charge is 2.21. The van der Waals surface area contributed by atoms with Gasteiger partial charge in [-0.15, -0.1) is 0 Å². The van der Waals surface area contributed by atoms with Gasteiger partial charge in [0.25, 0.3) is 0 Å². The number of nitrogens with two attached hydrogens (primary N) is 1. The minimum Gasteiger partial charge on any atom is -0.497 e. The number of halogens is 2. The third-order valence-electron chi connectivity index (χ3n) is 2.91. The summed E-state index contributed by atoms with van der Waals surface area (Å²) in [7, 11) is -2.32. The monoisotopic (exact) mass is 360 g/mol. The second-order valence-electron chi connectivity index (χ2n) is 4.48. The van der Waals surface area contributed by atoms with Crippen molar-refractivity contribution >= 4 is 38.9 Å². The number of ether oxygens (including phenoxy) is 1. The molecular formula is C14H14Cl2N2O3S. The van der Waals surface area contributed by atoms with Gasteiger partial charge in [0.15, 0.2) is 0 Å². The molecule has 0 aliphatic rings. The van der Waals surface area contributed by atoms with Crippen molar-refractivity contribution in [2.24, 2.45) is 0 Å². The Kier molecular flexibility index (Phi) is 5.18. The lowest BCUT2D eigenvalue weighted by Crippen LogP contribution is -2.24. The maximum atomic E-state index is 12.4. The molecule has 22 heavy (non-hydrogen) atoms. The number of nitrogens with one attached hydrogen (secondary N) is 1. The van der Waals surface area contributed by atoms with Crippen LogP contribution >= 0.6 is 23.2 Å². The molecule has 118 valence electrons. The van der Waals surface area contributed by atoms with Crippen LogP contribution in [-0.4, -0.2) is 15.5 Å². The zero-order chi connectivity index (χ0) is 16.3. The maximum absolute atomic E-state index is 12.4. The van der Waals surface area contributed by atoms with Gasteiger partial charge in [0, 0.05) is 11.6 Å². The van der Waals surface area contributed by atoms with Gasteiger partial charge < -0.3 is 10.5 Å². The number of hydrogen-bond donors (Lipinski definition) is 2. The molecule has 0 spiro atoms. The van der Waals surface area contributed by atoms with Gasteiger partial charge in [0.05, 0.1) is 17.8 Å². The van der Waals surface area contributed by atoms with Crippen LogP contribution < -0.4 is 15.2 Å². The third kappa shape index (κ3) is 3.84. The van der Waals surface area contributed by atoms with Crippen LogP contribution in [0.4, 0.5) is 5.69 Å². The van der Waals surface area contributed by atoms with Crippen LogP contribution in [-0.2, 0) is 16.6 Å². The van der Waals surface area contributed by atoms with E-state index < -0.39 is 10.0 Å². The molecule has 2 rings (SSSR count). The Morgan fingerprint density at radius 3 is 2.59 bits per heavy atom. The van der Waals surface area contributed by atoms with Crippen LogP contribution in [0.2, 0.25) is 10.0 Å². The lowest BCUT2D eigenvalue weighted by molar-refractivity contribution is 0.414. The van der Waals surface area contributed by atoms with E-state index >= 15 is 0 Å². The fraction of sp³-hybridized carbons (Fsp3) is 0.143. The highest BCUT2D eigenvalue weighted by Crippen LogP contribution is 2.31. The van der Waals surface area contributed by atoms with Crippen LogP contribution in [0.1, 0.15) is 5.56 Å². The average Bonchev–Trinajstić information content (AvgIpc) is 2.44. The molecule has 0 fully saturated rings. The van der Waals surface area contributed by atoms with E-state index in [1.807, 2.05) is 0 Å². The molecule has 0 radical (unpaired) electrons. The van der Waals surface area contributed by atoms with Gasteiger partial charge in [0.2, 0.25) is 10.0 Å². The topological polar surface area (TPSA) is 81.4 Å². The molecule has 0 aromatic heterocycles. The highest BCUT2D eigenvalue weighted by atomic mass is 35.5. The second kappa shape index (κ2) is 6.75. The van der Waals surface area contributed by atoms with Crippen molar-refractivity contribution in [2.75, 3.05) is 12.8 Å². The van der Waals surface area contributed by atoms with E-state index in [2.05, 4.69) is 4.72 Å². The molecule has 5 nitrogen and oxygen atoms in total. The lowest BCUT2D eigenvalue weighted by atomic mass is 10.2. The molecule has 2 aromatic carbocycles. The van der Waals surface area contributed by atoms with E-state index in [1.54, 1.807) is 24.3 Å². The highest BCUT2D eigenvalue weighted by molar-refractivity contribution is 7.89. The summed E-state index contributed by atoms with van der Waals surface area (Å²) in [6.45, 7) is 0.0813. The molecule has 0 aliphatic heterocycles. The number of methoxy groups -OCH3 is 1. The predicted octanol–water partition coefficient (Wildman–Crippen LogP) is 3.06. The molecule has 0 heterocycles. The first-order chi connectivity index (χ1) is 10.3. The molecule has 2 aromatic rings. The second-order valence-corrected chi connectivity index (χ2v) is 7.03. The summed E-state index contributed by atoms with van der Waals surface area (Å²) in [5, 5.41) is 0.248. The third-order valence-corrected chi connectivity index (χ3v) is 5.05. The lowest BCUT2D eigenvalue weighted by Gasteiger charge is -2.11. The summed E-state index contributed by atoms with van der Waals surface area (Å²) in [4.78, 5) is -0.179. The Morgan fingerprint density at radius 2 is 1.95 bits per heavy atom. The molecule has 0 saturated carbocycles. The van der Waals surface area contributed by atoms with E-state index in [9.17, 15) is 8.42 Å². The van der Waals surface area contributed by atoms with Gasteiger partial charge in [-0.3, -0.25) is 0 Å². The maximum Gasteiger partial charge on any atom is 0.244 e. The molecule has 0 aliphatic carbocycles. The normalized spacial score (nSPS) is 11.4. The standard InChI is InChI=1S/C14H14Cl2N2O3S/c1-21-11-4-2-3-9(5-11)8-18-22(19,20)14-12(16)6-10(15)7-13(14)17/h2-7,18H,8,17H2,1H3. The average molecular weight is 361 g/mol. The van der Waals surface area contributed by atoms with Crippen molar-refractivity contribution in [3.05, 3.63) is 52.0 Å². The summed E-state index contributed by atoms with van der Waals surface area (Å²) >= 11 is 11.7. The zero-order valence-electron chi connectivity index (χ0n) is 11.6. The van der Waals surface area contributed by atoms with Crippen LogP contribution in [0.3, 0.4) is 0 Å². The zero-order valence-corrected chi connectivity index (χ0v) is 14.0. The van der Waals surface area contributed by atoms with Gasteiger partial charge in [-0.05, 0) is 29.8 Å². The van der Waals surface area contributed by atoms with Gasteiger partial charge in [-0.2, -0.15) is 0 Å². The minimum absolute atomic E-state index is 0.00403. The first-order valence-electron chi connectivity index (χ1n) is 6.20. The summed E-state index contributed by atoms with van der Waals surface area (Å²) in [6.07, 6.45) is 0. The van der Waals surface area contributed by atoms with Crippen molar-refractivity contribution in [1.82, 2.24) is 4.72 Å². The summed E-state index contributed by atoms with van der Waals surface area (Å²) < 4.78 is 32.3. The van der Waals surface area contributed by atoms with Crippen molar-refractivity contribution in [2.45, 2.75) is 11.4 Å². The summed E-state index contributed by atoms with van der Waals surface area (Å²) in [6, 6.07) is 9.72. The molecule has 8 heteroatoms. The van der Waals surface area contributed by atoms with Crippen molar-refractivity contribution < 1.29 is 13.2 Å². The van der Waals surface area contributed by atoms with Gasteiger partial charge >= 0.3 is 0 Å². The number of anilines is 1. The number of hydrogen-bond acceptors (Lipinski definition) is 4. The fourth-order valence-electron chi connectivity index (χ4n) is 1.90. The minimum atomic E-state index is -3.86. The van der Waals surface area contributed by atoms with Gasteiger partial charge in [-0.1, -0.05) is 35.3 Å². The molecule has 3 N–H and O–H groups in total. The van der Waals surface area contributed by atoms with Crippen LogP contribution in [0.15, 0.2) is 41.3 Å². The predicted molar refractivity (Wildman–Crippen MR) is 87.9 cm³/mol. The summed E-state index contributed by atoms with van der Waals surface area (Å²) in [5.41, 5.74) is 6.45. The first-order valence-corrected chi connectivity index (χ1v) is 8.44. The van der Waals surface area contributed by atoms with Crippen LogP contribution in [0.25, 0.3) is 0 Å². The smallest absolute Gasteiger partial charge is 0.244 e. The number of benzene rings is 2. The first kappa shape index (κ1) is 16.9. The number of sulfonamides is 1. The molecule has 0 amide bonds. The molecular weight excluding hydrogens is 347 g/mol. The Bertz CT molecular complexity index is 771. The van der Waals surface area contributed by atoms with E-state index in [0.29, 0.717) is 5.75 Å². The summed E-state index contributed by atoms with van der Waals surface area (Å²) in [5.74, 6) is 0.640. The van der Waals surface area contributed by atoms with Crippen LogP contribution in [0, 0.1) is 0 Å². The number of rotatable bonds is 5. The quantitative estimate of drug-likeness (QED) is 0.802. The Hall–Kier alpha value is -1.47. The SMILES string of the molecule is COc1cccc(CNS(=O)(=O)c2c(N)cc(Cl)cc2Cl)c1.